The fourth-order valence-electron chi connectivity index (χ4n) is 3.56. The summed E-state index contributed by atoms with van der Waals surface area (Å²) in [5, 5.41) is 0. The quantitative estimate of drug-likeness (QED) is 0.629. The van der Waals surface area contributed by atoms with Crippen LogP contribution in [0.5, 0.6) is 0 Å². The van der Waals surface area contributed by atoms with Gasteiger partial charge in [0.1, 0.15) is 0 Å². The lowest BCUT2D eigenvalue weighted by molar-refractivity contribution is 0.512. The van der Waals surface area contributed by atoms with E-state index in [2.05, 4.69) is 15.9 Å². The largest absolute Gasteiger partial charge is 0.419 e. The van der Waals surface area contributed by atoms with Crippen LogP contribution in [-0.2, 0) is 23.0 Å². The molecule has 136 valence electrons. The summed E-state index contributed by atoms with van der Waals surface area (Å²) in [5.74, 6) is -0.484. The van der Waals surface area contributed by atoms with Gasteiger partial charge >= 0.3 is 5.76 Å². The lowest BCUT2D eigenvalue weighted by atomic mass is 10.1. The minimum Gasteiger partial charge on any atom is -0.408 e. The highest BCUT2D eigenvalue weighted by atomic mass is 79.9. The third-order valence-electron chi connectivity index (χ3n) is 4.71. The van der Waals surface area contributed by atoms with Gasteiger partial charge in [-0.05, 0) is 56.2 Å². The molecule has 0 spiro atoms. The van der Waals surface area contributed by atoms with Crippen molar-refractivity contribution in [1.82, 2.24) is 4.57 Å². The molecule has 0 aliphatic carbocycles. The van der Waals surface area contributed by atoms with Crippen molar-refractivity contribution >= 4 is 42.7 Å². The topological polar surface area (TPSA) is 72.5 Å². The Morgan fingerprint density at radius 2 is 2.00 bits per heavy atom. The summed E-state index contributed by atoms with van der Waals surface area (Å²) in [5.41, 5.74) is 2.55. The number of halogens is 1. The molecule has 1 aromatic heterocycles. The van der Waals surface area contributed by atoms with Crippen LogP contribution in [0.1, 0.15) is 19.4 Å². The summed E-state index contributed by atoms with van der Waals surface area (Å²) in [6, 6.07) is 10.00. The van der Waals surface area contributed by atoms with Crippen molar-refractivity contribution in [3.8, 4) is 0 Å². The van der Waals surface area contributed by atoms with Gasteiger partial charge in [-0.3, -0.25) is 8.87 Å². The summed E-state index contributed by atoms with van der Waals surface area (Å²) in [4.78, 5) is 12.0. The third kappa shape index (κ3) is 2.51. The van der Waals surface area contributed by atoms with E-state index in [-0.39, 0.29) is 16.5 Å². The highest BCUT2D eigenvalue weighted by molar-refractivity contribution is 9.10. The Kier molecular flexibility index (Phi) is 4.00. The van der Waals surface area contributed by atoms with E-state index in [1.807, 2.05) is 32.0 Å². The number of anilines is 1. The van der Waals surface area contributed by atoms with Crippen LogP contribution in [0.15, 0.2) is 55.0 Å². The predicted octanol–water partition coefficient (Wildman–Crippen LogP) is 3.52. The minimum atomic E-state index is -3.77. The van der Waals surface area contributed by atoms with Gasteiger partial charge in [-0.1, -0.05) is 15.9 Å². The van der Waals surface area contributed by atoms with E-state index in [9.17, 15) is 13.2 Å². The van der Waals surface area contributed by atoms with Gasteiger partial charge in [-0.15, -0.1) is 0 Å². The molecule has 0 unspecified atom stereocenters. The lowest BCUT2D eigenvalue weighted by Crippen LogP contribution is -2.35. The molecule has 2 heterocycles. The van der Waals surface area contributed by atoms with Gasteiger partial charge in [0.2, 0.25) is 0 Å². The molecule has 0 saturated carbocycles. The molecular weight excluding hydrogens is 420 g/mol. The van der Waals surface area contributed by atoms with Crippen LogP contribution in [0.25, 0.3) is 11.1 Å². The van der Waals surface area contributed by atoms with Crippen molar-refractivity contribution in [1.29, 1.82) is 0 Å². The van der Waals surface area contributed by atoms with Crippen LogP contribution in [0.3, 0.4) is 0 Å². The number of nitrogens with zero attached hydrogens (tertiary/aromatic N) is 2. The van der Waals surface area contributed by atoms with Crippen LogP contribution in [-0.4, -0.2) is 19.0 Å². The highest BCUT2D eigenvalue weighted by Crippen LogP contribution is 2.38. The Morgan fingerprint density at radius 3 is 2.73 bits per heavy atom. The van der Waals surface area contributed by atoms with Gasteiger partial charge in [-0.25, -0.2) is 13.2 Å². The van der Waals surface area contributed by atoms with E-state index in [4.69, 9.17) is 4.42 Å². The molecule has 1 atom stereocenters. The van der Waals surface area contributed by atoms with Gasteiger partial charge in [0.25, 0.3) is 10.0 Å². The second kappa shape index (κ2) is 5.99. The monoisotopic (exact) mass is 436 g/mol. The second-order valence-corrected chi connectivity index (χ2v) is 9.10. The zero-order valence-corrected chi connectivity index (χ0v) is 16.7. The summed E-state index contributed by atoms with van der Waals surface area (Å²) in [6.45, 7) is 4.18. The Balaban J connectivity index is 1.85. The highest BCUT2D eigenvalue weighted by Gasteiger charge is 2.36. The molecule has 6 nitrogen and oxygen atoms in total. The zero-order chi connectivity index (χ0) is 18.6. The first kappa shape index (κ1) is 17.4. The molecule has 2 aromatic carbocycles. The van der Waals surface area contributed by atoms with E-state index in [1.54, 1.807) is 6.07 Å². The third-order valence-corrected chi connectivity index (χ3v) is 7.12. The fraction of sp³-hybridized carbons (Fsp3) is 0.278. The van der Waals surface area contributed by atoms with Crippen molar-refractivity contribution in [2.24, 2.45) is 0 Å². The number of fused-ring (bicyclic) bond motifs is 2. The maximum Gasteiger partial charge on any atom is 0.419 e. The van der Waals surface area contributed by atoms with Crippen molar-refractivity contribution in [2.75, 3.05) is 4.31 Å². The summed E-state index contributed by atoms with van der Waals surface area (Å²) in [6.07, 6.45) is 0.650. The molecule has 26 heavy (non-hydrogen) atoms. The lowest BCUT2D eigenvalue weighted by Gasteiger charge is -2.24. The van der Waals surface area contributed by atoms with Crippen molar-refractivity contribution in [2.45, 2.75) is 37.8 Å². The molecule has 3 aromatic rings. The average molecular weight is 437 g/mol. The normalized spacial score (nSPS) is 17.0. The number of oxazole rings is 1. The van der Waals surface area contributed by atoms with Crippen LogP contribution >= 0.6 is 15.9 Å². The molecule has 1 aliphatic rings. The molecule has 0 amide bonds. The van der Waals surface area contributed by atoms with Crippen LogP contribution in [0, 0.1) is 0 Å². The summed E-state index contributed by atoms with van der Waals surface area (Å²) >= 11 is 3.43. The van der Waals surface area contributed by atoms with Crippen LogP contribution < -0.4 is 10.1 Å². The first-order valence-electron chi connectivity index (χ1n) is 8.29. The molecule has 8 heteroatoms. The smallest absolute Gasteiger partial charge is 0.408 e. The average Bonchev–Trinajstić information content (AvgIpc) is 3.08. The van der Waals surface area contributed by atoms with Gasteiger partial charge in [0.05, 0.1) is 16.1 Å². The summed E-state index contributed by atoms with van der Waals surface area (Å²) < 4.78 is 35.6. The van der Waals surface area contributed by atoms with Crippen LogP contribution in [0.4, 0.5) is 5.69 Å². The predicted molar refractivity (Wildman–Crippen MR) is 103 cm³/mol. The Morgan fingerprint density at radius 1 is 1.23 bits per heavy atom. The molecule has 0 bridgehead atoms. The standard InChI is InChI=1S/C18H17BrN2O4S/c1-3-20-16-7-5-14(10-17(16)25-18(20)22)26(23,24)21-11(2)8-12-9-13(19)4-6-15(12)21/h4-7,9-11H,3,8H2,1-2H3/t11-/m1/s1. The van der Waals surface area contributed by atoms with Crippen molar-refractivity contribution in [3.63, 3.8) is 0 Å². The SMILES string of the molecule is CCn1c(=O)oc2cc(S(=O)(=O)N3c4ccc(Br)cc4C[C@H]3C)ccc21. The number of aromatic nitrogens is 1. The number of hydrogen-bond donors (Lipinski definition) is 0. The summed E-state index contributed by atoms with van der Waals surface area (Å²) in [7, 11) is -3.77. The Hall–Kier alpha value is -2.06. The van der Waals surface area contributed by atoms with Crippen molar-refractivity contribution < 1.29 is 12.8 Å². The molecular formula is C18H17BrN2O4S. The van der Waals surface area contributed by atoms with Crippen LogP contribution in [0.2, 0.25) is 0 Å². The minimum absolute atomic E-state index is 0.115. The van der Waals surface area contributed by atoms with Crippen molar-refractivity contribution in [3.05, 3.63) is 57.0 Å². The van der Waals surface area contributed by atoms with E-state index in [0.29, 0.717) is 24.2 Å². The number of sulfonamides is 1. The first-order chi connectivity index (χ1) is 12.3. The number of aryl methyl sites for hydroxylation is 1. The Bertz CT molecular complexity index is 1180. The van der Waals surface area contributed by atoms with Gasteiger partial charge in [0, 0.05) is 23.1 Å². The van der Waals surface area contributed by atoms with Gasteiger partial charge < -0.3 is 4.42 Å². The molecule has 0 fully saturated rings. The van der Waals surface area contributed by atoms with E-state index < -0.39 is 15.8 Å². The Labute approximate surface area is 159 Å². The molecule has 0 N–H and O–H groups in total. The number of benzene rings is 2. The number of hydrogen-bond acceptors (Lipinski definition) is 4. The zero-order valence-electron chi connectivity index (χ0n) is 14.3. The molecule has 1 aliphatic heterocycles. The van der Waals surface area contributed by atoms with Gasteiger partial charge in [0.15, 0.2) is 5.58 Å². The molecule has 4 rings (SSSR count). The number of rotatable bonds is 3. The molecule has 0 radical (unpaired) electrons. The van der Waals surface area contributed by atoms with E-state index in [0.717, 1.165) is 10.0 Å². The first-order valence-corrected chi connectivity index (χ1v) is 10.5. The van der Waals surface area contributed by atoms with E-state index >= 15 is 0 Å². The van der Waals surface area contributed by atoms with Gasteiger partial charge in [-0.2, -0.15) is 0 Å². The maximum atomic E-state index is 13.3. The molecule has 0 saturated heterocycles. The second-order valence-electron chi connectivity index (χ2n) is 6.37. The fourth-order valence-corrected chi connectivity index (χ4v) is 5.67. The van der Waals surface area contributed by atoms with E-state index in [1.165, 1.54) is 21.0 Å². The maximum absolute atomic E-state index is 13.3.